The van der Waals surface area contributed by atoms with Crippen LogP contribution in [-0.4, -0.2) is 29.8 Å². The normalized spacial score (nSPS) is 11.8. The van der Waals surface area contributed by atoms with Crippen molar-refractivity contribution >= 4 is 12.1 Å². The van der Waals surface area contributed by atoms with Gasteiger partial charge in [-0.2, -0.15) is 0 Å². The lowest BCUT2D eigenvalue weighted by atomic mass is 10.2. The largest absolute Gasteiger partial charge is 0.480 e. The van der Waals surface area contributed by atoms with Crippen molar-refractivity contribution in [3.63, 3.8) is 0 Å². The summed E-state index contributed by atoms with van der Waals surface area (Å²) in [6.45, 7) is 3.75. The Morgan fingerprint density at radius 3 is 2.46 bits per heavy atom. The van der Waals surface area contributed by atoms with Gasteiger partial charge in [0.1, 0.15) is 6.04 Å². The molecule has 5 heteroatoms. The van der Waals surface area contributed by atoms with Gasteiger partial charge in [-0.05, 0) is 13.3 Å². The van der Waals surface area contributed by atoms with Crippen molar-refractivity contribution < 1.29 is 19.4 Å². The Balaban J connectivity index is 3.94. The molecule has 5 nitrogen and oxygen atoms in total. The zero-order valence-corrected chi connectivity index (χ0v) is 7.87. The Morgan fingerprint density at radius 1 is 1.46 bits per heavy atom. The van der Waals surface area contributed by atoms with Crippen LogP contribution in [0, 0.1) is 0 Å². The van der Waals surface area contributed by atoms with Crippen molar-refractivity contribution in [1.29, 1.82) is 0 Å². The summed E-state index contributed by atoms with van der Waals surface area (Å²) >= 11 is 0. The maximum atomic E-state index is 10.8. The highest BCUT2D eigenvalue weighted by Gasteiger charge is 2.18. The number of carboxylic acids is 1. The maximum absolute atomic E-state index is 10.8. The van der Waals surface area contributed by atoms with E-state index in [1.165, 1.54) is 0 Å². The second kappa shape index (κ2) is 6.28. The maximum Gasteiger partial charge on any atom is 0.407 e. The molecule has 0 fully saturated rings. The minimum absolute atomic E-state index is 0.240. The number of alkyl carbamates (subject to hydrolysis) is 1. The molecule has 0 saturated carbocycles. The first kappa shape index (κ1) is 11.7. The Labute approximate surface area is 77.1 Å². The van der Waals surface area contributed by atoms with Gasteiger partial charge in [-0.25, -0.2) is 9.59 Å². The van der Waals surface area contributed by atoms with Gasteiger partial charge in [0.15, 0.2) is 0 Å². The molecular formula is C8H15NO4. The lowest BCUT2D eigenvalue weighted by Crippen LogP contribution is -2.40. The number of ether oxygens (including phenoxy) is 1. The number of carbonyl (C=O) groups is 2. The molecule has 0 aliphatic carbocycles. The number of rotatable bonds is 5. The molecule has 0 aromatic carbocycles. The smallest absolute Gasteiger partial charge is 0.407 e. The predicted octanol–water partition coefficient (Wildman–Crippen LogP) is 0.986. The van der Waals surface area contributed by atoms with Crippen LogP contribution in [0.3, 0.4) is 0 Å². The van der Waals surface area contributed by atoms with Gasteiger partial charge in [-0.15, -0.1) is 0 Å². The van der Waals surface area contributed by atoms with Crippen LogP contribution in [0.15, 0.2) is 0 Å². The van der Waals surface area contributed by atoms with Crippen molar-refractivity contribution in [3.05, 3.63) is 0 Å². The number of nitrogens with one attached hydrogen (secondary N) is 1. The summed E-state index contributed by atoms with van der Waals surface area (Å²) in [5.74, 6) is -1.03. The highest BCUT2D eigenvalue weighted by molar-refractivity contribution is 5.79. The molecule has 0 aliphatic heterocycles. The van der Waals surface area contributed by atoms with E-state index in [1.54, 1.807) is 6.92 Å². The van der Waals surface area contributed by atoms with Crippen molar-refractivity contribution in [2.45, 2.75) is 32.7 Å². The number of amides is 1. The van der Waals surface area contributed by atoms with E-state index in [1.807, 2.05) is 6.92 Å². The van der Waals surface area contributed by atoms with E-state index in [2.05, 4.69) is 10.1 Å². The van der Waals surface area contributed by atoms with E-state index in [4.69, 9.17) is 5.11 Å². The monoisotopic (exact) mass is 189 g/mol. The summed E-state index contributed by atoms with van der Waals surface area (Å²) in [7, 11) is 0. The molecular weight excluding hydrogens is 174 g/mol. The van der Waals surface area contributed by atoms with Crippen LogP contribution < -0.4 is 5.32 Å². The summed E-state index contributed by atoms with van der Waals surface area (Å²) < 4.78 is 4.56. The van der Waals surface area contributed by atoms with Crippen molar-refractivity contribution in [1.82, 2.24) is 5.32 Å². The molecule has 0 aromatic heterocycles. The van der Waals surface area contributed by atoms with Crippen LogP contribution in [0.1, 0.15) is 26.7 Å². The predicted molar refractivity (Wildman–Crippen MR) is 46.5 cm³/mol. The number of aliphatic carboxylic acids is 1. The molecule has 0 aromatic rings. The lowest BCUT2D eigenvalue weighted by molar-refractivity contribution is -0.139. The molecule has 0 radical (unpaired) electrons. The number of carbonyl (C=O) groups excluding carboxylic acids is 1. The number of hydrogen-bond donors (Lipinski definition) is 2. The number of hydrogen-bond acceptors (Lipinski definition) is 3. The first-order chi connectivity index (χ1) is 6.11. The first-order valence-electron chi connectivity index (χ1n) is 4.27. The molecule has 0 bridgehead atoms. The Bertz CT molecular complexity index is 181. The van der Waals surface area contributed by atoms with Gasteiger partial charge in [0.05, 0.1) is 6.61 Å². The standard InChI is InChI=1S/C8H15NO4/c1-3-5-6(7(10)11)9-8(12)13-4-2/h6H,3-5H2,1-2H3,(H,9,12)(H,10,11). The Kier molecular flexibility index (Phi) is 5.67. The van der Waals surface area contributed by atoms with Gasteiger partial charge in [-0.1, -0.05) is 13.3 Å². The lowest BCUT2D eigenvalue weighted by Gasteiger charge is -2.12. The molecule has 76 valence electrons. The van der Waals surface area contributed by atoms with Crippen molar-refractivity contribution in [2.24, 2.45) is 0 Å². The fourth-order valence-electron chi connectivity index (χ4n) is 0.861. The minimum atomic E-state index is -1.03. The van der Waals surface area contributed by atoms with E-state index in [-0.39, 0.29) is 6.61 Å². The second-order valence-electron chi connectivity index (χ2n) is 2.54. The average Bonchev–Trinajstić information content (AvgIpc) is 2.04. The fraction of sp³-hybridized carbons (Fsp3) is 0.750. The zero-order valence-electron chi connectivity index (χ0n) is 7.87. The van der Waals surface area contributed by atoms with E-state index < -0.39 is 18.1 Å². The highest BCUT2D eigenvalue weighted by atomic mass is 16.5. The molecule has 0 rings (SSSR count). The summed E-state index contributed by atoms with van der Waals surface area (Å²) in [6, 6.07) is -0.843. The third-order valence-electron chi connectivity index (χ3n) is 1.44. The molecule has 1 amide bonds. The van der Waals surface area contributed by atoms with Gasteiger partial charge < -0.3 is 15.2 Å². The fourth-order valence-corrected chi connectivity index (χ4v) is 0.861. The van der Waals surface area contributed by atoms with Gasteiger partial charge in [0.2, 0.25) is 0 Å². The van der Waals surface area contributed by atoms with Crippen molar-refractivity contribution in [2.75, 3.05) is 6.61 Å². The van der Waals surface area contributed by atoms with Crippen LogP contribution in [0.2, 0.25) is 0 Å². The van der Waals surface area contributed by atoms with E-state index in [0.29, 0.717) is 12.8 Å². The molecule has 0 heterocycles. The Morgan fingerprint density at radius 2 is 2.08 bits per heavy atom. The minimum Gasteiger partial charge on any atom is -0.480 e. The summed E-state index contributed by atoms with van der Waals surface area (Å²) in [5, 5.41) is 10.9. The Hall–Kier alpha value is -1.26. The third-order valence-corrected chi connectivity index (χ3v) is 1.44. The van der Waals surface area contributed by atoms with E-state index in [9.17, 15) is 9.59 Å². The highest BCUT2D eigenvalue weighted by Crippen LogP contribution is 1.97. The van der Waals surface area contributed by atoms with Gasteiger partial charge in [0, 0.05) is 0 Å². The molecule has 1 atom stereocenters. The summed E-state index contributed by atoms with van der Waals surface area (Å²) in [5.41, 5.74) is 0. The van der Waals surface area contributed by atoms with Crippen LogP contribution in [0.4, 0.5) is 4.79 Å². The summed E-state index contributed by atoms with van der Waals surface area (Å²) in [4.78, 5) is 21.4. The van der Waals surface area contributed by atoms with Gasteiger partial charge in [-0.3, -0.25) is 0 Å². The van der Waals surface area contributed by atoms with Gasteiger partial charge in [0.25, 0.3) is 0 Å². The molecule has 13 heavy (non-hydrogen) atoms. The van der Waals surface area contributed by atoms with Crippen molar-refractivity contribution in [3.8, 4) is 0 Å². The molecule has 0 saturated heterocycles. The zero-order chi connectivity index (χ0) is 10.3. The third kappa shape index (κ3) is 5.05. The van der Waals surface area contributed by atoms with E-state index in [0.717, 1.165) is 0 Å². The average molecular weight is 189 g/mol. The molecule has 2 N–H and O–H groups in total. The topological polar surface area (TPSA) is 75.6 Å². The van der Waals surface area contributed by atoms with Crippen LogP contribution >= 0.6 is 0 Å². The molecule has 1 unspecified atom stereocenters. The molecule has 0 aliphatic rings. The van der Waals surface area contributed by atoms with Crippen LogP contribution in [0.25, 0.3) is 0 Å². The number of carboxylic acid groups (broad SMARTS) is 1. The molecule has 0 spiro atoms. The van der Waals surface area contributed by atoms with Crippen LogP contribution in [-0.2, 0) is 9.53 Å². The second-order valence-corrected chi connectivity index (χ2v) is 2.54. The quantitative estimate of drug-likeness (QED) is 0.676. The van der Waals surface area contributed by atoms with Gasteiger partial charge >= 0.3 is 12.1 Å². The van der Waals surface area contributed by atoms with Crippen LogP contribution in [0.5, 0.6) is 0 Å². The SMILES string of the molecule is CCCC(NC(=O)OCC)C(=O)O. The summed E-state index contributed by atoms with van der Waals surface area (Å²) in [6.07, 6.45) is 0.431. The first-order valence-corrected chi connectivity index (χ1v) is 4.27. The van der Waals surface area contributed by atoms with E-state index >= 15 is 0 Å².